The maximum atomic E-state index is 5.92. The van der Waals surface area contributed by atoms with E-state index < -0.39 is 0 Å². The molecule has 30 heavy (non-hydrogen) atoms. The largest absolute Gasteiger partial charge is 0.496 e. The first-order chi connectivity index (χ1) is 14.6. The van der Waals surface area contributed by atoms with Crippen molar-refractivity contribution in [1.29, 1.82) is 0 Å². The predicted molar refractivity (Wildman–Crippen MR) is 126 cm³/mol. The van der Waals surface area contributed by atoms with Crippen LogP contribution in [0.3, 0.4) is 0 Å². The van der Waals surface area contributed by atoms with Gasteiger partial charge in [-0.25, -0.2) is 0 Å². The molecule has 1 radical (unpaired) electrons. The zero-order chi connectivity index (χ0) is 21.3. The third-order valence-electron chi connectivity index (χ3n) is 5.76. The Morgan fingerprint density at radius 2 is 1.60 bits per heavy atom. The quantitative estimate of drug-likeness (QED) is 0.356. The molecule has 0 heterocycles. The van der Waals surface area contributed by atoms with Crippen LogP contribution in [-0.2, 0) is 6.42 Å². The number of benzene rings is 4. The number of hydrogen-bond donors (Lipinski definition) is 0. The number of hydrogen-bond acceptors (Lipinski definition) is 2. The molecule has 0 saturated carbocycles. The molecule has 0 spiro atoms. The van der Waals surface area contributed by atoms with Gasteiger partial charge in [0.05, 0.1) is 14.2 Å². The minimum atomic E-state index is 0.896. The maximum absolute atomic E-state index is 5.92. The fraction of sp³-hybridized carbons (Fsp3) is 0.214. The van der Waals surface area contributed by atoms with Gasteiger partial charge in [0, 0.05) is 10.9 Å². The Labute approximate surface area is 179 Å². The summed E-state index contributed by atoms with van der Waals surface area (Å²) in [5.74, 6) is 1.80. The van der Waals surface area contributed by atoms with Crippen LogP contribution in [0.15, 0.2) is 60.7 Å². The van der Waals surface area contributed by atoms with Gasteiger partial charge in [0.2, 0.25) is 0 Å². The highest BCUT2D eigenvalue weighted by Crippen LogP contribution is 2.45. The van der Waals surface area contributed by atoms with E-state index in [1.807, 2.05) is 6.07 Å². The molecule has 0 aliphatic carbocycles. The van der Waals surface area contributed by atoms with Crippen molar-refractivity contribution in [2.24, 2.45) is 0 Å². The number of fused-ring (bicyclic) bond motifs is 1. The lowest BCUT2D eigenvalue weighted by Gasteiger charge is -2.20. The van der Waals surface area contributed by atoms with Crippen molar-refractivity contribution < 1.29 is 9.47 Å². The summed E-state index contributed by atoms with van der Waals surface area (Å²) in [7, 11) is 3.46. The first-order valence-corrected chi connectivity index (χ1v) is 10.3. The van der Waals surface area contributed by atoms with Crippen molar-refractivity contribution in [2.45, 2.75) is 27.2 Å². The van der Waals surface area contributed by atoms with E-state index >= 15 is 0 Å². The molecule has 2 nitrogen and oxygen atoms in total. The fourth-order valence-corrected chi connectivity index (χ4v) is 4.35. The maximum Gasteiger partial charge on any atom is 0.130 e. The highest BCUT2D eigenvalue weighted by molar-refractivity contribution is 6.09. The van der Waals surface area contributed by atoms with E-state index in [-0.39, 0.29) is 0 Å². The number of ether oxygens (including phenoxy) is 2. The van der Waals surface area contributed by atoms with E-state index in [1.54, 1.807) is 14.2 Å². The zero-order valence-electron chi connectivity index (χ0n) is 18.3. The van der Waals surface area contributed by atoms with E-state index in [9.17, 15) is 0 Å². The summed E-state index contributed by atoms with van der Waals surface area (Å²) in [6, 6.07) is 24.9. The van der Waals surface area contributed by atoms with Crippen molar-refractivity contribution in [3.63, 3.8) is 0 Å². The van der Waals surface area contributed by atoms with Gasteiger partial charge in [-0.1, -0.05) is 55.5 Å². The Kier molecular flexibility index (Phi) is 5.50. The number of aryl methyl sites for hydroxylation is 3. The van der Waals surface area contributed by atoms with Crippen molar-refractivity contribution in [1.82, 2.24) is 0 Å². The summed E-state index contributed by atoms with van der Waals surface area (Å²) in [5.41, 5.74) is 8.11. The lowest BCUT2D eigenvalue weighted by atomic mass is 9.86. The summed E-state index contributed by atoms with van der Waals surface area (Å²) < 4.78 is 11.4. The summed E-state index contributed by atoms with van der Waals surface area (Å²) in [6.07, 6.45) is 0.927. The molecule has 4 aromatic rings. The van der Waals surface area contributed by atoms with E-state index in [2.05, 4.69) is 81.4 Å². The fourth-order valence-electron chi connectivity index (χ4n) is 4.35. The molecule has 0 amide bonds. The minimum Gasteiger partial charge on any atom is -0.496 e. The van der Waals surface area contributed by atoms with Gasteiger partial charge in [0.15, 0.2) is 0 Å². The first kappa shape index (κ1) is 20.0. The SMILES string of the molecule is CCc1[c]c(C)c(OC)c2c(-c3ccccc3)c(-c3ccc(OC)c(C)c3)ccc12. The Morgan fingerprint density at radius 3 is 2.23 bits per heavy atom. The van der Waals surface area contributed by atoms with Crippen LogP contribution in [0.5, 0.6) is 11.5 Å². The van der Waals surface area contributed by atoms with Crippen LogP contribution < -0.4 is 9.47 Å². The van der Waals surface area contributed by atoms with E-state index in [1.165, 1.54) is 33.2 Å². The second kappa shape index (κ2) is 8.23. The molecule has 0 atom stereocenters. The molecule has 151 valence electrons. The average Bonchev–Trinajstić information content (AvgIpc) is 2.78. The van der Waals surface area contributed by atoms with Crippen LogP contribution in [0.2, 0.25) is 0 Å². The normalized spacial score (nSPS) is 11.0. The second-order valence-corrected chi connectivity index (χ2v) is 7.58. The molecular formula is C28H27O2. The third kappa shape index (κ3) is 3.33. The van der Waals surface area contributed by atoms with Crippen LogP contribution in [0.1, 0.15) is 23.6 Å². The molecule has 0 aliphatic rings. The lowest BCUT2D eigenvalue weighted by Crippen LogP contribution is -1.98. The van der Waals surface area contributed by atoms with Gasteiger partial charge in [-0.15, -0.1) is 0 Å². The highest BCUT2D eigenvalue weighted by Gasteiger charge is 2.19. The van der Waals surface area contributed by atoms with Gasteiger partial charge < -0.3 is 9.47 Å². The topological polar surface area (TPSA) is 18.5 Å². The van der Waals surface area contributed by atoms with Gasteiger partial charge in [0.1, 0.15) is 11.5 Å². The van der Waals surface area contributed by atoms with E-state index in [0.717, 1.165) is 34.4 Å². The van der Waals surface area contributed by atoms with E-state index in [0.29, 0.717) is 0 Å². The van der Waals surface area contributed by atoms with Crippen molar-refractivity contribution in [3.8, 4) is 33.8 Å². The molecule has 0 saturated heterocycles. The molecule has 0 aromatic heterocycles. The molecular weight excluding hydrogens is 368 g/mol. The molecule has 0 aliphatic heterocycles. The van der Waals surface area contributed by atoms with Crippen LogP contribution in [-0.4, -0.2) is 14.2 Å². The minimum absolute atomic E-state index is 0.896. The number of rotatable bonds is 5. The van der Waals surface area contributed by atoms with Crippen molar-refractivity contribution in [2.75, 3.05) is 14.2 Å². The molecule has 0 unspecified atom stereocenters. The van der Waals surface area contributed by atoms with Gasteiger partial charge in [-0.3, -0.25) is 0 Å². The van der Waals surface area contributed by atoms with Crippen LogP contribution in [0.25, 0.3) is 33.0 Å². The number of methoxy groups -OCH3 is 2. The molecule has 0 N–H and O–H groups in total. The van der Waals surface area contributed by atoms with Gasteiger partial charge in [-0.2, -0.15) is 0 Å². The van der Waals surface area contributed by atoms with Gasteiger partial charge in [0.25, 0.3) is 0 Å². The Bertz CT molecular complexity index is 1210. The predicted octanol–water partition coefficient (Wildman–Crippen LogP) is 7.17. The summed E-state index contributed by atoms with van der Waals surface area (Å²) in [6.45, 7) is 6.34. The van der Waals surface area contributed by atoms with E-state index in [4.69, 9.17) is 9.47 Å². The standard InChI is InChI=1S/C28H27O2/c1-6-20-17-19(3)28(30-5)27-23(20)13-14-24(26(27)21-10-8-7-9-11-21)22-12-15-25(29-4)18(2)16-22/h7-16H,6H2,1-5H3. The van der Waals surface area contributed by atoms with Crippen LogP contribution in [0.4, 0.5) is 0 Å². The molecule has 2 heteroatoms. The summed E-state index contributed by atoms with van der Waals surface area (Å²) >= 11 is 0. The summed E-state index contributed by atoms with van der Waals surface area (Å²) in [5, 5.41) is 2.36. The smallest absolute Gasteiger partial charge is 0.130 e. The molecule has 0 fully saturated rings. The highest BCUT2D eigenvalue weighted by atomic mass is 16.5. The Balaban J connectivity index is 2.15. The zero-order valence-corrected chi connectivity index (χ0v) is 18.3. The van der Waals surface area contributed by atoms with Crippen molar-refractivity contribution >= 4 is 10.8 Å². The molecule has 0 bridgehead atoms. The second-order valence-electron chi connectivity index (χ2n) is 7.58. The Morgan fingerprint density at radius 1 is 0.833 bits per heavy atom. The molecule has 4 rings (SSSR count). The van der Waals surface area contributed by atoms with Crippen LogP contribution in [0, 0.1) is 19.9 Å². The summed E-state index contributed by atoms with van der Waals surface area (Å²) in [4.78, 5) is 0. The van der Waals surface area contributed by atoms with Gasteiger partial charge >= 0.3 is 0 Å². The average molecular weight is 396 g/mol. The Hall–Kier alpha value is -3.26. The lowest BCUT2D eigenvalue weighted by molar-refractivity contribution is 0.412. The monoisotopic (exact) mass is 395 g/mol. The first-order valence-electron chi connectivity index (χ1n) is 10.3. The van der Waals surface area contributed by atoms with Gasteiger partial charge in [-0.05, 0) is 77.2 Å². The van der Waals surface area contributed by atoms with Crippen LogP contribution >= 0.6 is 0 Å². The third-order valence-corrected chi connectivity index (χ3v) is 5.76. The van der Waals surface area contributed by atoms with Crippen molar-refractivity contribution in [3.05, 3.63) is 83.4 Å². The molecule has 4 aromatic carbocycles.